The summed E-state index contributed by atoms with van der Waals surface area (Å²) < 4.78 is 0. The summed E-state index contributed by atoms with van der Waals surface area (Å²) in [7, 11) is 0. The number of terminal acetylenes is 1. The third kappa shape index (κ3) is 1.47. The fraction of sp³-hybridized carbons (Fsp3) is 0.333. The van der Waals surface area contributed by atoms with Crippen molar-refractivity contribution in [3.8, 4) is 12.3 Å². The Kier molecular flexibility index (Phi) is 2.09. The van der Waals surface area contributed by atoms with E-state index in [1.165, 1.54) is 10.5 Å². The minimum Gasteiger partial charge on any atom is -0.130 e. The van der Waals surface area contributed by atoms with Crippen LogP contribution in [0.25, 0.3) is 0 Å². The monoisotopic (exact) mass is 188 g/mol. The predicted molar refractivity (Wildman–Crippen MR) is 58.0 cm³/mol. The number of benzene rings is 1. The summed E-state index contributed by atoms with van der Waals surface area (Å²) in [6.45, 7) is 0. The molecule has 1 aliphatic rings. The van der Waals surface area contributed by atoms with Crippen molar-refractivity contribution in [1.29, 1.82) is 0 Å². The van der Waals surface area contributed by atoms with Gasteiger partial charge in [0.1, 0.15) is 0 Å². The molecular weight excluding hydrogens is 176 g/mol. The topological polar surface area (TPSA) is 0 Å². The van der Waals surface area contributed by atoms with Crippen molar-refractivity contribution in [3.05, 3.63) is 29.8 Å². The van der Waals surface area contributed by atoms with E-state index in [0.717, 1.165) is 12.8 Å². The second kappa shape index (κ2) is 3.12. The van der Waals surface area contributed by atoms with Crippen LogP contribution < -0.4 is 0 Å². The Bertz CT molecular complexity index is 338. The minimum atomic E-state index is 0.0942. The Hall–Kier alpha value is -0.870. The highest BCUT2D eigenvalue weighted by Crippen LogP contribution is 2.47. The van der Waals surface area contributed by atoms with E-state index in [1.54, 1.807) is 11.8 Å². The van der Waals surface area contributed by atoms with E-state index < -0.39 is 0 Å². The second-order valence-corrected chi connectivity index (χ2v) is 4.33. The first-order valence-corrected chi connectivity index (χ1v) is 5.65. The molecule has 66 valence electrons. The highest BCUT2D eigenvalue weighted by atomic mass is 32.2. The van der Waals surface area contributed by atoms with Gasteiger partial charge in [-0.05, 0) is 36.8 Å². The molecule has 13 heavy (non-hydrogen) atoms. The highest BCUT2D eigenvalue weighted by Gasteiger charge is 2.42. The Morgan fingerprint density at radius 3 is 2.31 bits per heavy atom. The molecular formula is C12H12S. The molecule has 0 radical (unpaired) electrons. The molecule has 1 aromatic rings. The van der Waals surface area contributed by atoms with Gasteiger partial charge in [0.15, 0.2) is 0 Å². The molecule has 1 fully saturated rings. The molecule has 0 N–H and O–H groups in total. The number of hydrogen-bond donors (Lipinski definition) is 0. The fourth-order valence-corrected chi connectivity index (χ4v) is 1.96. The molecule has 0 spiro atoms. The SMILES string of the molecule is C#CC1(c2ccc(SC)cc2)CC1. The Morgan fingerprint density at radius 2 is 1.92 bits per heavy atom. The summed E-state index contributed by atoms with van der Waals surface area (Å²) in [6.07, 6.45) is 9.91. The standard InChI is InChI=1S/C12H12S/c1-3-12(8-9-12)10-4-6-11(13-2)7-5-10/h1,4-7H,8-9H2,2H3. The summed E-state index contributed by atoms with van der Waals surface area (Å²) in [5.74, 6) is 2.90. The van der Waals surface area contributed by atoms with Crippen LogP contribution in [0.15, 0.2) is 29.2 Å². The molecule has 1 saturated carbocycles. The third-order valence-corrected chi connectivity index (χ3v) is 3.41. The summed E-state index contributed by atoms with van der Waals surface area (Å²) in [6, 6.07) is 8.63. The normalized spacial score (nSPS) is 17.8. The van der Waals surface area contributed by atoms with Crippen molar-refractivity contribution in [2.75, 3.05) is 6.26 Å². The summed E-state index contributed by atoms with van der Waals surface area (Å²) >= 11 is 1.76. The van der Waals surface area contributed by atoms with Crippen molar-refractivity contribution in [2.24, 2.45) is 0 Å². The van der Waals surface area contributed by atoms with Gasteiger partial charge in [0, 0.05) is 4.90 Å². The molecule has 0 atom stereocenters. The van der Waals surface area contributed by atoms with E-state index in [4.69, 9.17) is 6.42 Å². The molecule has 0 saturated heterocycles. The van der Waals surface area contributed by atoms with Gasteiger partial charge in [-0.2, -0.15) is 0 Å². The van der Waals surface area contributed by atoms with Crippen molar-refractivity contribution < 1.29 is 0 Å². The highest BCUT2D eigenvalue weighted by molar-refractivity contribution is 7.98. The van der Waals surface area contributed by atoms with Gasteiger partial charge in [-0.3, -0.25) is 0 Å². The van der Waals surface area contributed by atoms with Crippen LogP contribution in [0.1, 0.15) is 18.4 Å². The van der Waals surface area contributed by atoms with E-state index in [1.807, 2.05) is 0 Å². The lowest BCUT2D eigenvalue weighted by molar-refractivity contribution is 0.928. The van der Waals surface area contributed by atoms with Gasteiger partial charge in [-0.25, -0.2) is 0 Å². The van der Waals surface area contributed by atoms with Crippen LogP contribution in [0.2, 0.25) is 0 Å². The van der Waals surface area contributed by atoms with E-state index >= 15 is 0 Å². The number of thioether (sulfide) groups is 1. The summed E-state index contributed by atoms with van der Waals surface area (Å²) in [4.78, 5) is 1.30. The first-order chi connectivity index (χ1) is 6.30. The Morgan fingerprint density at radius 1 is 1.31 bits per heavy atom. The quantitative estimate of drug-likeness (QED) is 0.507. The van der Waals surface area contributed by atoms with Gasteiger partial charge in [0.05, 0.1) is 5.41 Å². The van der Waals surface area contributed by atoms with Crippen molar-refractivity contribution in [3.63, 3.8) is 0 Å². The molecule has 1 aliphatic carbocycles. The minimum absolute atomic E-state index is 0.0942. The van der Waals surface area contributed by atoms with Crippen molar-refractivity contribution in [2.45, 2.75) is 23.2 Å². The average molecular weight is 188 g/mol. The molecule has 0 heterocycles. The fourth-order valence-electron chi connectivity index (χ4n) is 1.55. The lowest BCUT2D eigenvalue weighted by Gasteiger charge is -2.07. The zero-order valence-corrected chi connectivity index (χ0v) is 8.53. The van der Waals surface area contributed by atoms with Gasteiger partial charge < -0.3 is 0 Å². The van der Waals surface area contributed by atoms with Gasteiger partial charge in [-0.1, -0.05) is 18.1 Å². The van der Waals surface area contributed by atoms with Crippen molar-refractivity contribution >= 4 is 11.8 Å². The van der Waals surface area contributed by atoms with E-state index in [0.29, 0.717) is 0 Å². The van der Waals surface area contributed by atoms with E-state index in [2.05, 4.69) is 36.4 Å². The molecule has 0 aliphatic heterocycles. The third-order valence-electron chi connectivity index (χ3n) is 2.67. The predicted octanol–water partition coefficient (Wildman–Crippen LogP) is 3.07. The molecule has 1 aromatic carbocycles. The Labute approximate surface area is 83.7 Å². The molecule has 0 unspecified atom stereocenters. The summed E-state index contributed by atoms with van der Waals surface area (Å²) in [5.41, 5.74) is 1.41. The van der Waals surface area contributed by atoms with Crippen LogP contribution in [0.4, 0.5) is 0 Å². The number of rotatable bonds is 2. The molecule has 0 nitrogen and oxygen atoms in total. The average Bonchev–Trinajstić information content (AvgIpc) is 2.99. The van der Waals surface area contributed by atoms with Crippen LogP contribution in [-0.4, -0.2) is 6.26 Å². The zero-order valence-electron chi connectivity index (χ0n) is 7.71. The Balaban J connectivity index is 2.29. The smallest absolute Gasteiger partial charge is 0.0561 e. The maximum Gasteiger partial charge on any atom is 0.0561 e. The largest absolute Gasteiger partial charge is 0.130 e. The first kappa shape index (κ1) is 8.72. The van der Waals surface area contributed by atoms with Gasteiger partial charge in [0.2, 0.25) is 0 Å². The van der Waals surface area contributed by atoms with Crippen LogP contribution in [0.5, 0.6) is 0 Å². The first-order valence-electron chi connectivity index (χ1n) is 4.43. The van der Waals surface area contributed by atoms with Gasteiger partial charge in [-0.15, -0.1) is 18.2 Å². The zero-order chi connectivity index (χ0) is 9.31. The molecule has 0 amide bonds. The molecule has 1 heteroatoms. The van der Waals surface area contributed by atoms with Crippen LogP contribution in [0.3, 0.4) is 0 Å². The summed E-state index contributed by atoms with van der Waals surface area (Å²) in [5, 5.41) is 0. The van der Waals surface area contributed by atoms with Crippen molar-refractivity contribution in [1.82, 2.24) is 0 Å². The lowest BCUT2D eigenvalue weighted by Crippen LogP contribution is -2.01. The van der Waals surface area contributed by atoms with E-state index in [-0.39, 0.29) is 5.41 Å². The second-order valence-electron chi connectivity index (χ2n) is 3.45. The number of hydrogen-bond acceptors (Lipinski definition) is 1. The maximum atomic E-state index is 5.52. The van der Waals surface area contributed by atoms with Crippen LogP contribution in [-0.2, 0) is 5.41 Å². The lowest BCUT2D eigenvalue weighted by atomic mass is 9.97. The van der Waals surface area contributed by atoms with E-state index in [9.17, 15) is 0 Å². The molecule has 0 aromatic heterocycles. The maximum absolute atomic E-state index is 5.52. The molecule has 0 bridgehead atoms. The van der Waals surface area contributed by atoms with Crippen LogP contribution in [0, 0.1) is 12.3 Å². The van der Waals surface area contributed by atoms with Crippen LogP contribution >= 0.6 is 11.8 Å². The molecule has 2 rings (SSSR count). The van der Waals surface area contributed by atoms with Gasteiger partial charge in [0.25, 0.3) is 0 Å². The van der Waals surface area contributed by atoms with Gasteiger partial charge >= 0.3 is 0 Å².